The van der Waals surface area contributed by atoms with Gasteiger partial charge in [-0.05, 0) is 31.0 Å². The largest absolute Gasteiger partial charge is 0.379 e. The van der Waals surface area contributed by atoms with Crippen molar-refractivity contribution in [2.75, 3.05) is 20.3 Å². The molecule has 0 aliphatic carbocycles. The first-order valence-electron chi connectivity index (χ1n) is 6.39. The predicted octanol–water partition coefficient (Wildman–Crippen LogP) is 0.642. The monoisotopic (exact) mass is 316 g/mol. The summed E-state index contributed by atoms with van der Waals surface area (Å²) in [5.74, 6) is -1.32. The fourth-order valence-electron chi connectivity index (χ4n) is 2.26. The van der Waals surface area contributed by atoms with Crippen LogP contribution in [0.3, 0.4) is 0 Å². The van der Waals surface area contributed by atoms with Gasteiger partial charge in [-0.2, -0.15) is 0 Å². The van der Waals surface area contributed by atoms with Gasteiger partial charge in [0.05, 0.1) is 12.6 Å². The van der Waals surface area contributed by atoms with Crippen LogP contribution in [0.2, 0.25) is 0 Å². The number of carbonyl (C=O) groups excluding carboxylic acids is 1. The lowest BCUT2D eigenvalue weighted by Crippen LogP contribution is -2.37. The van der Waals surface area contributed by atoms with Crippen molar-refractivity contribution in [3.05, 3.63) is 29.1 Å². The highest BCUT2D eigenvalue weighted by Crippen LogP contribution is 2.21. The number of primary sulfonamides is 1. The number of amides is 1. The minimum atomic E-state index is -4.23. The smallest absolute Gasteiger partial charge is 0.253 e. The van der Waals surface area contributed by atoms with Crippen molar-refractivity contribution in [2.24, 2.45) is 5.14 Å². The summed E-state index contributed by atoms with van der Waals surface area (Å²) in [7, 11) is -2.62. The molecule has 0 saturated carbocycles. The Labute approximate surface area is 122 Å². The maximum atomic E-state index is 13.8. The Morgan fingerprint density at radius 2 is 2.14 bits per heavy atom. The number of hydrogen-bond donors (Lipinski definition) is 1. The third-order valence-corrected chi connectivity index (χ3v) is 4.46. The van der Waals surface area contributed by atoms with Crippen molar-refractivity contribution in [3.8, 4) is 0 Å². The topological polar surface area (TPSA) is 89.7 Å². The maximum absolute atomic E-state index is 13.8. The molecule has 1 unspecified atom stereocenters. The molecule has 0 spiro atoms. The quantitative estimate of drug-likeness (QED) is 0.886. The fourth-order valence-corrected chi connectivity index (χ4v) is 2.97. The van der Waals surface area contributed by atoms with E-state index in [2.05, 4.69) is 0 Å². The number of ether oxygens (including phenoxy) is 1. The van der Waals surface area contributed by atoms with Gasteiger partial charge in [0, 0.05) is 19.2 Å². The first kappa shape index (κ1) is 15.9. The van der Waals surface area contributed by atoms with Gasteiger partial charge in [0.2, 0.25) is 10.0 Å². The van der Waals surface area contributed by atoms with E-state index in [1.165, 1.54) is 17.9 Å². The second-order valence-corrected chi connectivity index (χ2v) is 6.61. The van der Waals surface area contributed by atoms with Crippen LogP contribution in [0.1, 0.15) is 22.3 Å². The zero-order chi connectivity index (χ0) is 15.8. The third kappa shape index (κ3) is 3.22. The number of sulfonamides is 1. The van der Waals surface area contributed by atoms with E-state index in [0.717, 1.165) is 6.07 Å². The van der Waals surface area contributed by atoms with Gasteiger partial charge < -0.3 is 9.64 Å². The normalized spacial score (nSPS) is 18.8. The maximum Gasteiger partial charge on any atom is 0.253 e. The van der Waals surface area contributed by atoms with Crippen LogP contribution in [0.15, 0.2) is 17.0 Å². The lowest BCUT2D eigenvalue weighted by atomic mass is 10.1. The van der Waals surface area contributed by atoms with Crippen molar-refractivity contribution in [1.29, 1.82) is 0 Å². The molecule has 1 aliphatic rings. The second kappa shape index (κ2) is 5.70. The van der Waals surface area contributed by atoms with Crippen LogP contribution < -0.4 is 5.14 Å². The molecule has 1 fully saturated rings. The lowest BCUT2D eigenvalue weighted by Gasteiger charge is -2.23. The Morgan fingerprint density at radius 1 is 1.48 bits per heavy atom. The molecule has 0 radical (unpaired) electrons. The van der Waals surface area contributed by atoms with Gasteiger partial charge in [-0.25, -0.2) is 17.9 Å². The molecule has 1 heterocycles. The van der Waals surface area contributed by atoms with Crippen molar-refractivity contribution < 1.29 is 22.3 Å². The van der Waals surface area contributed by atoms with Gasteiger partial charge in [-0.1, -0.05) is 0 Å². The molecule has 1 saturated heterocycles. The van der Waals surface area contributed by atoms with E-state index in [0.29, 0.717) is 19.6 Å². The van der Waals surface area contributed by atoms with Crippen molar-refractivity contribution in [2.45, 2.75) is 24.3 Å². The number of rotatable bonds is 3. The van der Waals surface area contributed by atoms with Crippen LogP contribution in [0, 0.1) is 12.7 Å². The highest BCUT2D eigenvalue weighted by atomic mass is 32.2. The minimum Gasteiger partial charge on any atom is -0.379 e. The van der Waals surface area contributed by atoms with E-state index in [1.807, 2.05) is 0 Å². The molecule has 0 aromatic heterocycles. The van der Waals surface area contributed by atoms with Crippen LogP contribution >= 0.6 is 0 Å². The van der Waals surface area contributed by atoms with E-state index >= 15 is 0 Å². The lowest BCUT2D eigenvalue weighted by molar-refractivity contribution is 0.0711. The summed E-state index contributed by atoms with van der Waals surface area (Å²) >= 11 is 0. The van der Waals surface area contributed by atoms with Crippen molar-refractivity contribution in [3.63, 3.8) is 0 Å². The standard InChI is InChI=1S/C13H17FN2O4S/c1-8-5-9(6-11(12(8)14)21(15,18)19)13(17)16(2)10-3-4-20-7-10/h5-6,10H,3-4,7H2,1-2H3,(H2,15,18,19). The summed E-state index contributed by atoms with van der Waals surface area (Å²) in [6.07, 6.45) is 0.713. The van der Waals surface area contributed by atoms with Gasteiger partial charge in [0.15, 0.2) is 0 Å². The molecule has 116 valence electrons. The first-order valence-corrected chi connectivity index (χ1v) is 7.94. The average Bonchev–Trinajstić information content (AvgIpc) is 2.92. The first-order chi connectivity index (χ1) is 9.71. The number of halogens is 1. The summed E-state index contributed by atoms with van der Waals surface area (Å²) in [6.45, 7) is 2.40. The van der Waals surface area contributed by atoms with Crippen LogP contribution in [0.4, 0.5) is 4.39 Å². The Morgan fingerprint density at radius 3 is 2.67 bits per heavy atom. The number of benzene rings is 1. The second-order valence-electron chi connectivity index (χ2n) is 5.08. The number of aryl methyl sites for hydroxylation is 1. The summed E-state index contributed by atoms with van der Waals surface area (Å²) in [6, 6.07) is 2.23. The van der Waals surface area contributed by atoms with Crippen LogP contribution in [0.25, 0.3) is 0 Å². The molecule has 2 N–H and O–H groups in total. The fraction of sp³-hybridized carbons (Fsp3) is 0.462. The number of likely N-dealkylation sites (N-methyl/N-ethyl adjacent to an activating group) is 1. The van der Waals surface area contributed by atoms with Crippen LogP contribution in [0.5, 0.6) is 0 Å². The predicted molar refractivity (Wildman–Crippen MR) is 73.8 cm³/mol. The highest BCUT2D eigenvalue weighted by Gasteiger charge is 2.27. The third-order valence-electron chi connectivity index (χ3n) is 3.55. The molecule has 1 aromatic rings. The number of nitrogens with two attached hydrogens (primary N) is 1. The molecule has 2 rings (SSSR count). The molecule has 1 amide bonds. The molecule has 0 bridgehead atoms. The summed E-state index contributed by atoms with van der Waals surface area (Å²) < 4.78 is 41.9. The van der Waals surface area contributed by atoms with Gasteiger partial charge >= 0.3 is 0 Å². The number of hydrogen-bond acceptors (Lipinski definition) is 4. The molecule has 1 aliphatic heterocycles. The average molecular weight is 316 g/mol. The Balaban J connectivity index is 2.40. The number of nitrogens with zero attached hydrogens (tertiary/aromatic N) is 1. The summed E-state index contributed by atoms with van der Waals surface area (Å²) in [5, 5.41) is 4.98. The molecule has 1 atom stereocenters. The van der Waals surface area contributed by atoms with Crippen LogP contribution in [-0.2, 0) is 14.8 Å². The Bertz CT molecular complexity index is 669. The highest BCUT2D eigenvalue weighted by molar-refractivity contribution is 7.89. The molecular weight excluding hydrogens is 299 g/mol. The van der Waals surface area contributed by atoms with Gasteiger partial charge in [0.1, 0.15) is 10.7 Å². The van der Waals surface area contributed by atoms with E-state index in [9.17, 15) is 17.6 Å². The van der Waals surface area contributed by atoms with Crippen molar-refractivity contribution in [1.82, 2.24) is 4.90 Å². The van der Waals surface area contributed by atoms with Gasteiger partial charge in [0.25, 0.3) is 5.91 Å². The zero-order valence-corrected chi connectivity index (χ0v) is 12.6. The minimum absolute atomic E-state index is 0.0564. The van der Waals surface area contributed by atoms with E-state index in [-0.39, 0.29) is 17.2 Å². The molecule has 1 aromatic carbocycles. The van der Waals surface area contributed by atoms with Crippen molar-refractivity contribution >= 4 is 15.9 Å². The summed E-state index contributed by atoms with van der Waals surface area (Å²) in [4.78, 5) is 13.2. The van der Waals surface area contributed by atoms with E-state index in [4.69, 9.17) is 9.88 Å². The Hall–Kier alpha value is -1.51. The van der Waals surface area contributed by atoms with E-state index < -0.39 is 26.6 Å². The molecular formula is C13H17FN2O4S. The van der Waals surface area contributed by atoms with Crippen LogP contribution in [-0.4, -0.2) is 45.5 Å². The summed E-state index contributed by atoms with van der Waals surface area (Å²) in [5.41, 5.74) is 0.147. The Kier molecular flexibility index (Phi) is 4.31. The molecule has 6 nitrogen and oxygen atoms in total. The van der Waals surface area contributed by atoms with Gasteiger partial charge in [-0.15, -0.1) is 0 Å². The zero-order valence-electron chi connectivity index (χ0n) is 11.8. The van der Waals surface area contributed by atoms with Gasteiger partial charge in [-0.3, -0.25) is 4.79 Å². The molecule has 21 heavy (non-hydrogen) atoms. The SMILES string of the molecule is Cc1cc(C(=O)N(C)C2CCOC2)cc(S(N)(=O)=O)c1F. The van der Waals surface area contributed by atoms with E-state index in [1.54, 1.807) is 7.05 Å². The number of carbonyl (C=O) groups is 1. The molecule has 8 heteroatoms.